The number of esters is 1. The van der Waals surface area contributed by atoms with Crippen LogP contribution < -0.4 is 0 Å². The highest BCUT2D eigenvalue weighted by molar-refractivity contribution is 8.13. The standard InChI is InChI=1S/C12H13ClO4S/c1-2-18-12(15)17-8-16-11(14)7-9-3-5-10(13)6-4-9/h3-6H,2,7-8H2,1H3. The lowest BCUT2D eigenvalue weighted by atomic mass is 10.2. The van der Waals surface area contributed by atoms with Crippen molar-refractivity contribution in [2.75, 3.05) is 12.5 Å². The summed E-state index contributed by atoms with van der Waals surface area (Å²) in [5.41, 5.74) is 0.790. The SMILES string of the molecule is CCSC(=O)OCOC(=O)Cc1ccc(Cl)cc1. The van der Waals surface area contributed by atoms with Gasteiger partial charge in [0.25, 0.3) is 0 Å². The molecule has 0 spiro atoms. The van der Waals surface area contributed by atoms with Crippen LogP contribution in [0, 0.1) is 0 Å². The number of carbonyl (C=O) groups is 2. The van der Waals surface area contributed by atoms with Crippen LogP contribution in [-0.4, -0.2) is 23.8 Å². The van der Waals surface area contributed by atoms with E-state index < -0.39 is 11.3 Å². The average molecular weight is 289 g/mol. The maximum Gasteiger partial charge on any atom is 0.370 e. The minimum Gasteiger partial charge on any atom is -0.428 e. The summed E-state index contributed by atoms with van der Waals surface area (Å²) in [6, 6.07) is 6.87. The monoisotopic (exact) mass is 288 g/mol. The molecule has 0 amide bonds. The number of halogens is 1. The quantitative estimate of drug-likeness (QED) is 0.615. The molecule has 0 fully saturated rings. The van der Waals surface area contributed by atoms with Crippen LogP contribution in [0.15, 0.2) is 24.3 Å². The summed E-state index contributed by atoms with van der Waals surface area (Å²) in [7, 11) is 0. The molecule has 0 aliphatic carbocycles. The molecule has 0 aromatic heterocycles. The third kappa shape index (κ3) is 5.93. The topological polar surface area (TPSA) is 52.6 Å². The van der Waals surface area contributed by atoms with E-state index in [1.807, 2.05) is 6.92 Å². The summed E-state index contributed by atoms with van der Waals surface area (Å²) < 4.78 is 9.43. The third-order valence-corrected chi connectivity index (χ3v) is 2.81. The number of ether oxygens (including phenoxy) is 2. The number of hydrogen-bond donors (Lipinski definition) is 0. The van der Waals surface area contributed by atoms with Gasteiger partial charge in [-0.2, -0.15) is 0 Å². The summed E-state index contributed by atoms with van der Waals surface area (Å²) in [5, 5.41) is 0.162. The van der Waals surface area contributed by atoms with E-state index in [2.05, 4.69) is 4.74 Å². The normalized spacial score (nSPS) is 9.89. The molecule has 6 heteroatoms. The van der Waals surface area contributed by atoms with Gasteiger partial charge in [-0.3, -0.25) is 4.79 Å². The van der Waals surface area contributed by atoms with Crippen LogP contribution in [0.3, 0.4) is 0 Å². The molecule has 0 saturated heterocycles. The third-order valence-electron chi connectivity index (χ3n) is 1.92. The Kier molecular flexibility index (Phi) is 6.60. The van der Waals surface area contributed by atoms with Gasteiger partial charge in [-0.15, -0.1) is 0 Å². The fourth-order valence-electron chi connectivity index (χ4n) is 1.12. The summed E-state index contributed by atoms with van der Waals surface area (Å²) in [4.78, 5) is 22.3. The Balaban J connectivity index is 2.25. The van der Waals surface area contributed by atoms with E-state index in [0.717, 1.165) is 17.3 Å². The van der Waals surface area contributed by atoms with Crippen LogP contribution in [0.25, 0.3) is 0 Å². The number of thioether (sulfide) groups is 1. The minimum absolute atomic E-state index is 0.121. The van der Waals surface area contributed by atoms with Crippen molar-refractivity contribution in [1.29, 1.82) is 0 Å². The lowest BCUT2D eigenvalue weighted by Crippen LogP contribution is -2.12. The summed E-state index contributed by atoms with van der Waals surface area (Å²) in [6.07, 6.45) is 0.121. The van der Waals surface area contributed by atoms with Crippen molar-refractivity contribution in [3.05, 3.63) is 34.9 Å². The predicted octanol–water partition coefficient (Wildman–Crippen LogP) is 3.27. The Morgan fingerprint density at radius 2 is 1.89 bits per heavy atom. The van der Waals surface area contributed by atoms with Crippen LogP contribution in [-0.2, 0) is 20.7 Å². The molecule has 98 valence electrons. The molecule has 0 aliphatic heterocycles. The molecule has 0 radical (unpaired) electrons. The van der Waals surface area contributed by atoms with Gasteiger partial charge in [0.2, 0.25) is 6.79 Å². The molecule has 1 aromatic carbocycles. The molecule has 1 rings (SSSR count). The van der Waals surface area contributed by atoms with E-state index in [1.165, 1.54) is 0 Å². The Morgan fingerprint density at radius 3 is 2.50 bits per heavy atom. The van der Waals surface area contributed by atoms with E-state index in [4.69, 9.17) is 16.3 Å². The Bertz CT molecular complexity index is 405. The first-order chi connectivity index (χ1) is 8.61. The zero-order valence-electron chi connectivity index (χ0n) is 9.85. The van der Waals surface area contributed by atoms with Gasteiger partial charge in [0.05, 0.1) is 6.42 Å². The second-order valence-electron chi connectivity index (χ2n) is 3.26. The van der Waals surface area contributed by atoms with Gasteiger partial charge >= 0.3 is 11.3 Å². The fraction of sp³-hybridized carbons (Fsp3) is 0.333. The van der Waals surface area contributed by atoms with Crippen LogP contribution in [0.2, 0.25) is 5.02 Å². The highest BCUT2D eigenvalue weighted by atomic mass is 35.5. The van der Waals surface area contributed by atoms with Crippen molar-refractivity contribution in [3.63, 3.8) is 0 Å². The highest BCUT2D eigenvalue weighted by Gasteiger charge is 2.07. The lowest BCUT2D eigenvalue weighted by molar-refractivity contribution is -0.150. The molecule has 0 saturated carbocycles. The molecule has 0 atom stereocenters. The first-order valence-corrected chi connectivity index (χ1v) is 6.67. The van der Waals surface area contributed by atoms with E-state index in [1.54, 1.807) is 24.3 Å². The van der Waals surface area contributed by atoms with Gasteiger partial charge in [-0.05, 0) is 29.5 Å². The second kappa shape index (κ2) is 8.00. The summed E-state index contributed by atoms with van der Waals surface area (Å²) in [6.45, 7) is 1.48. The van der Waals surface area contributed by atoms with Gasteiger partial charge < -0.3 is 9.47 Å². The van der Waals surface area contributed by atoms with Crippen LogP contribution in [0.5, 0.6) is 0 Å². The highest BCUT2D eigenvalue weighted by Crippen LogP contribution is 2.10. The smallest absolute Gasteiger partial charge is 0.370 e. The van der Waals surface area contributed by atoms with Crippen molar-refractivity contribution in [2.24, 2.45) is 0 Å². The van der Waals surface area contributed by atoms with Gasteiger partial charge in [0.15, 0.2) is 0 Å². The number of hydrogen-bond acceptors (Lipinski definition) is 5. The van der Waals surface area contributed by atoms with E-state index in [0.29, 0.717) is 10.8 Å². The van der Waals surface area contributed by atoms with Gasteiger partial charge in [0, 0.05) is 10.8 Å². The Hall–Kier alpha value is -1.20. The summed E-state index contributed by atoms with van der Waals surface area (Å²) >= 11 is 6.74. The summed E-state index contributed by atoms with van der Waals surface area (Å²) in [5.74, 6) is 0.170. The van der Waals surface area contributed by atoms with Crippen molar-refractivity contribution < 1.29 is 19.1 Å². The van der Waals surface area contributed by atoms with Gasteiger partial charge in [-0.25, -0.2) is 4.79 Å². The maximum absolute atomic E-state index is 11.4. The molecule has 4 nitrogen and oxygen atoms in total. The molecule has 1 aromatic rings. The minimum atomic E-state index is -0.452. The molecule has 0 bridgehead atoms. The lowest BCUT2D eigenvalue weighted by Gasteiger charge is -2.05. The van der Waals surface area contributed by atoms with Crippen LogP contribution in [0.1, 0.15) is 12.5 Å². The first-order valence-electron chi connectivity index (χ1n) is 5.31. The van der Waals surface area contributed by atoms with Gasteiger partial charge in [0.1, 0.15) is 0 Å². The van der Waals surface area contributed by atoms with E-state index in [-0.39, 0.29) is 13.2 Å². The number of carbonyl (C=O) groups excluding carboxylic acids is 2. The Labute approximate surface area is 115 Å². The van der Waals surface area contributed by atoms with Crippen LogP contribution >= 0.6 is 23.4 Å². The zero-order chi connectivity index (χ0) is 13.4. The fourth-order valence-corrected chi connectivity index (χ4v) is 1.62. The predicted molar refractivity (Wildman–Crippen MR) is 70.7 cm³/mol. The van der Waals surface area contributed by atoms with Crippen LogP contribution in [0.4, 0.5) is 4.79 Å². The molecule has 0 heterocycles. The van der Waals surface area contributed by atoms with E-state index >= 15 is 0 Å². The second-order valence-corrected chi connectivity index (χ2v) is 4.90. The van der Waals surface area contributed by atoms with Crippen molar-refractivity contribution >= 4 is 34.6 Å². The molecular formula is C12H13ClO4S. The van der Waals surface area contributed by atoms with Crippen molar-refractivity contribution in [2.45, 2.75) is 13.3 Å². The largest absolute Gasteiger partial charge is 0.428 e. The van der Waals surface area contributed by atoms with Crippen molar-refractivity contribution in [1.82, 2.24) is 0 Å². The molecule has 0 aliphatic rings. The zero-order valence-corrected chi connectivity index (χ0v) is 11.4. The first kappa shape index (κ1) is 14.9. The average Bonchev–Trinajstić information content (AvgIpc) is 2.32. The van der Waals surface area contributed by atoms with Crippen molar-refractivity contribution in [3.8, 4) is 0 Å². The maximum atomic E-state index is 11.4. The molecule has 0 unspecified atom stereocenters. The molecule has 0 N–H and O–H groups in total. The Morgan fingerprint density at radius 1 is 1.22 bits per heavy atom. The van der Waals surface area contributed by atoms with Gasteiger partial charge in [-0.1, -0.05) is 30.7 Å². The molecule has 18 heavy (non-hydrogen) atoms. The molecular weight excluding hydrogens is 276 g/mol. The number of rotatable bonds is 5. The number of benzene rings is 1. The van der Waals surface area contributed by atoms with E-state index in [9.17, 15) is 9.59 Å².